The molecule has 2 aromatic rings. The fraction of sp³-hybridized carbons (Fsp3) is 0.476. The zero-order valence-corrected chi connectivity index (χ0v) is 17.3. The lowest BCUT2D eigenvalue weighted by atomic mass is 9.96. The Kier molecular flexibility index (Phi) is 6.10. The van der Waals surface area contributed by atoms with Crippen molar-refractivity contribution in [3.8, 4) is 0 Å². The van der Waals surface area contributed by atoms with Crippen LogP contribution in [0, 0.1) is 19.8 Å². The normalized spacial score (nSPS) is 16.6. The minimum Gasteiger partial charge on any atom is -0.467 e. The highest BCUT2D eigenvalue weighted by atomic mass is 16.5. The van der Waals surface area contributed by atoms with Crippen LogP contribution in [0.1, 0.15) is 50.7 Å². The molecular formula is C21H27N3O5. The minimum absolute atomic E-state index is 0.00598. The molecule has 2 aromatic heterocycles. The number of carbonyl (C=O) groups excluding carboxylic acids is 3. The summed E-state index contributed by atoms with van der Waals surface area (Å²) in [6.45, 7) is 4.80. The molecular weight excluding hydrogens is 374 g/mol. The number of hydrogen-bond donors (Lipinski definition) is 1. The van der Waals surface area contributed by atoms with Gasteiger partial charge in [0.25, 0.3) is 5.91 Å². The third-order valence-corrected chi connectivity index (χ3v) is 5.45. The number of piperidine rings is 1. The van der Waals surface area contributed by atoms with Crippen molar-refractivity contribution in [2.45, 2.75) is 33.2 Å². The van der Waals surface area contributed by atoms with Crippen LogP contribution in [0.5, 0.6) is 0 Å². The summed E-state index contributed by atoms with van der Waals surface area (Å²) in [7, 11) is 3.06. The van der Waals surface area contributed by atoms with Crippen LogP contribution >= 0.6 is 0 Å². The summed E-state index contributed by atoms with van der Waals surface area (Å²) in [6.07, 6.45) is 3.07. The molecule has 1 N–H and O–H groups in total. The highest BCUT2D eigenvalue weighted by molar-refractivity contribution is 6.00. The highest BCUT2D eigenvalue weighted by Crippen LogP contribution is 2.24. The average Bonchev–Trinajstić information content (AvgIpc) is 3.33. The largest absolute Gasteiger partial charge is 0.467 e. The molecule has 0 bridgehead atoms. The van der Waals surface area contributed by atoms with Gasteiger partial charge in [-0.3, -0.25) is 9.59 Å². The predicted octanol–water partition coefficient (Wildman–Crippen LogP) is 2.52. The fourth-order valence-electron chi connectivity index (χ4n) is 3.92. The maximum absolute atomic E-state index is 13.1. The monoisotopic (exact) mass is 401 g/mol. The molecule has 3 rings (SSSR count). The fourth-order valence-corrected chi connectivity index (χ4v) is 3.92. The van der Waals surface area contributed by atoms with E-state index in [9.17, 15) is 14.4 Å². The second-order valence-electron chi connectivity index (χ2n) is 7.48. The van der Waals surface area contributed by atoms with Crippen LogP contribution in [0.25, 0.3) is 0 Å². The van der Waals surface area contributed by atoms with Crippen molar-refractivity contribution in [3.05, 3.63) is 46.7 Å². The van der Waals surface area contributed by atoms with E-state index in [0.29, 0.717) is 42.1 Å². The number of furan rings is 1. The first kappa shape index (κ1) is 20.7. The number of ether oxygens (including phenoxy) is 1. The summed E-state index contributed by atoms with van der Waals surface area (Å²) in [5.74, 6) is -0.219. The van der Waals surface area contributed by atoms with E-state index in [0.717, 1.165) is 18.6 Å². The lowest BCUT2D eigenvalue weighted by Gasteiger charge is -2.33. The number of methoxy groups -OCH3 is 1. The van der Waals surface area contributed by atoms with Crippen molar-refractivity contribution in [1.82, 2.24) is 14.8 Å². The quantitative estimate of drug-likeness (QED) is 0.777. The second-order valence-corrected chi connectivity index (χ2v) is 7.48. The van der Waals surface area contributed by atoms with Gasteiger partial charge in [0, 0.05) is 25.8 Å². The Morgan fingerprint density at radius 1 is 1.34 bits per heavy atom. The van der Waals surface area contributed by atoms with E-state index in [-0.39, 0.29) is 17.7 Å². The zero-order chi connectivity index (χ0) is 21.1. The molecule has 156 valence electrons. The molecule has 0 unspecified atom stereocenters. The standard InChI is InChI=1S/C21H27N3O5/c1-13-17(21(27)28-4)14(2)22-18(13)20(26)24-9-5-7-15(11-24)19(25)23(3)12-16-8-6-10-29-16/h6,8,10,15,22H,5,7,9,11-12H2,1-4H3/t15-/m0/s1. The molecule has 3 heterocycles. The van der Waals surface area contributed by atoms with Gasteiger partial charge in [-0.15, -0.1) is 0 Å². The third-order valence-electron chi connectivity index (χ3n) is 5.45. The maximum atomic E-state index is 13.1. The van der Waals surface area contributed by atoms with Gasteiger partial charge in [0.2, 0.25) is 5.91 Å². The molecule has 0 saturated carbocycles. The number of amides is 2. The first-order valence-corrected chi connectivity index (χ1v) is 9.67. The SMILES string of the molecule is COC(=O)c1c(C)[nH]c(C(=O)N2CCC[C@H](C(=O)N(C)Cc3ccco3)C2)c1C. The van der Waals surface area contributed by atoms with Crippen LogP contribution in [0.2, 0.25) is 0 Å². The summed E-state index contributed by atoms with van der Waals surface area (Å²) >= 11 is 0. The van der Waals surface area contributed by atoms with Crippen molar-refractivity contribution < 1.29 is 23.5 Å². The maximum Gasteiger partial charge on any atom is 0.339 e. The molecule has 0 aliphatic carbocycles. The Bertz CT molecular complexity index is 900. The van der Waals surface area contributed by atoms with Crippen LogP contribution < -0.4 is 0 Å². The van der Waals surface area contributed by atoms with Gasteiger partial charge in [-0.2, -0.15) is 0 Å². The number of carbonyl (C=O) groups is 3. The van der Waals surface area contributed by atoms with Crippen LogP contribution in [0.4, 0.5) is 0 Å². The average molecular weight is 401 g/mol. The van der Waals surface area contributed by atoms with E-state index in [1.54, 1.807) is 43.0 Å². The van der Waals surface area contributed by atoms with Crippen molar-refractivity contribution >= 4 is 17.8 Å². The molecule has 8 nitrogen and oxygen atoms in total. The molecule has 29 heavy (non-hydrogen) atoms. The van der Waals surface area contributed by atoms with Crippen molar-refractivity contribution in [2.24, 2.45) is 5.92 Å². The highest BCUT2D eigenvalue weighted by Gasteiger charge is 2.33. The number of hydrogen-bond acceptors (Lipinski definition) is 5. The molecule has 0 aromatic carbocycles. The number of aromatic nitrogens is 1. The molecule has 2 amide bonds. The van der Waals surface area contributed by atoms with Gasteiger partial charge in [0.15, 0.2) is 0 Å². The van der Waals surface area contributed by atoms with Gasteiger partial charge in [-0.1, -0.05) is 0 Å². The number of H-pyrrole nitrogens is 1. The van der Waals surface area contributed by atoms with E-state index in [4.69, 9.17) is 9.15 Å². The third kappa shape index (κ3) is 4.21. The topological polar surface area (TPSA) is 95.8 Å². The smallest absolute Gasteiger partial charge is 0.339 e. The van der Waals surface area contributed by atoms with Crippen LogP contribution in [0.3, 0.4) is 0 Å². The van der Waals surface area contributed by atoms with Gasteiger partial charge in [-0.25, -0.2) is 4.79 Å². The molecule has 0 radical (unpaired) electrons. The van der Waals surface area contributed by atoms with Gasteiger partial charge in [0.05, 0.1) is 31.4 Å². The van der Waals surface area contributed by atoms with Gasteiger partial charge >= 0.3 is 5.97 Å². The van der Waals surface area contributed by atoms with Gasteiger partial charge < -0.3 is 23.9 Å². The van der Waals surface area contributed by atoms with Crippen molar-refractivity contribution in [2.75, 3.05) is 27.2 Å². The van der Waals surface area contributed by atoms with Crippen molar-refractivity contribution in [1.29, 1.82) is 0 Å². The van der Waals surface area contributed by atoms with Gasteiger partial charge in [-0.05, 0) is 44.4 Å². The summed E-state index contributed by atoms with van der Waals surface area (Å²) in [5, 5.41) is 0. The summed E-state index contributed by atoms with van der Waals surface area (Å²) in [5.41, 5.74) is 1.93. The van der Waals surface area contributed by atoms with E-state index in [1.807, 2.05) is 6.07 Å². The Morgan fingerprint density at radius 2 is 2.10 bits per heavy atom. The molecule has 1 aliphatic heterocycles. The van der Waals surface area contributed by atoms with E-state index in [1.165, 1.54) is 7.11 Å². The summed E-state index contributed by atoms with van der Waals surface area (Å²) in [4.78, 5) is 44.3. The number of aromatic amines is 1. The van der Waals surface area contributed by atoms with Crippen LogP contribution in [0.15, 0.2) is 22.8 Å². The Hall–Kier alpha value is -3.03. The zero-order valence-electron chi connectivity index (χ0n) is 17.3. The number of aryl methyl sites for hydroxylation is 1. The molecule has 0 spiro atoms. The predicted molar refractivity (Wildman–Crippen MR) is 105 cm³/mol. The first-order chi connectivity index (χ1) is 13.8. The molecule has 8 heteroatoms. The molecule has 1 aliphatic rings. The van der Waals surface area contributed by atoms with Crippen LogP contribution in [-0.2, 0) is 16.1 Å². The lowest BCUT2D eigenvalue weighted by molar-refractivity contribution is -0.136. The Morgan fingerprint density at radius 3 is 2.76 bits per heavy atom. The van der Waals surface area contributed by atoms with Gasteiger partial charge in [0.1, 0.15) is 11.5 Å². The summed E-state index contributed by atoms with van der Waals surface area (Å²) < 4.78 is 10.1. The molecule has 1 fully saturated rings. The second kappa shape index (κ2) is 8.55. The number of nitrogens with zero attached hydrogens (tertiary/aromatic N) is 2. The Labute approximate surface area is 169 Å². The first-order valence-electron chi connectivity index (χ1n) is 9.67. The van der Waals surface area contributed by atoms with E-state index < -0.39 is 5.97 Å². The molecule has 1 atom stereocenters. The lowest BCUT2D eigenvalue weighted by Crippen LogP contribution is -2.46. The number of esters is 1. The number of nitrogens with one attached hydrogen (secondary N) is 1. The van der Waals surface area contributed by atoms with Crippen LogP contribution in [-0.4, -0.2) is 59.8 Å². The van der Waals surface area contributed by atoms with E-state index in [2.05, 4.69) is 4.98 Å². The number of likely N-dealkylation sites (tertiary alicyclic amines) is 1. The van der Waals surface area contributed by atoms with Crippen molar-refractivity contribution in [3.63, 3.8) is 0 Å². The van der Waals surface area contributed by atoms with E-state index >= 15 is 0 Å². The molecule has 1 saturated heterocycles. The minimum atomic E-state index is -0.471. The number of rotatable bonds is 5. The summed E-state index contributed by atoms with van der Waals surface area (Å²) in [6, 6.07) is 3.62. The Balaban J connectivity index is 1.71.